The van der Waals surface area contributed by atoms with Gasteiger partial charge in [0, 0.05) is 26.5 Å². The lowest BCUT2D eigenvalue weighted by atomic mass is 10.3. The van der Waals surface area contributed by atoms with Crippen LogP contribution in [0, 0.1) is 0 Å². The smallest absolute Gasteiger partial charge is 0.262 e. The predicted octanol–water partition coefficient (Wildman–Crippen LogP) is 1.89. The Morgan fingerprint density at radius 2 is 2.00 bits per heavy atom. The second kappa shape index (κ2) is 5.45. The highest BCUT2D eigenvalue weighted by atomic mass is 16.2. The number of fused-ring (bicyclic) bond motifs is 1. The van der Waals surface area contributed by atoms with Gasteiger partial charge in [-0.3, -0.25) is 9.78 Å². The third kappa shape index (κ3) is 2.30. The van der Waals surface area contributed by atoms with E-state index in [9.17, 15) is 4.79 Å². The van der Waals surface area contributed by atoms with Gasteiger partial charge < -0.3 is 9.80 Å². The maximum Gasteiger partial charge on any atom is 0.262 e. The predicted molar refractivity (Wildman–Crippen MR) is 90.4 cm³/mol. The number of anilines is 2. The summed E-state index contributed by atoms with van der Waals surface area (Å²) < 4.78 is 1.70. The fourth-order valence-corrected chi connectivity index (χ4v) is 2.70. The molecule has 1 aliphatic rings. The van der Waals surface area contributed by atoms with Crippen LogP contribution in [-0.2, 0) is 6.54 Å². The zero-order valence-corrected chi connectivity index (χ0v) is 13.4. The van der Waals surface area contributed by atoms with Crippen LogP contribution in [0.1, 0.15) is 16.1 Å². The number of amides is 1. The van der Waals surface area contributed by atoms with Gasteiger partial charge in [-0.2, -0.15) is 5.10 Å². The maximum atomic E-state index is 12.6. The molecule has 0 atom stereocenters. The minimum atomic E-state index is -0.0536. The molecule has 0 aromatic carbocycles. The Labute approximate surface area is 139 Å². The van der Waals surface area contributed by atoms with Crippen LogP contribution in [0.2, 0.25) is 0 Å². The highest BCUT2D eigenvalue weighted by molar-refractivity contribution is 6.09. The Morgan fingerprint density at radius 3 is 2.62 bits per heavy atom. The number of carbonyl (C=O) groups is 1. The van der Waals surface area contributed by atoms with Gasteiger partial charge >= 0.3 is 0 Å². The summed E-state index contributed by atoms with van der Waals surface area (Å²) in [6.45, 7) is 0.454. The second-order valence-electron chi connectivity index (χ2n) is 5.81. The molecule has 1 amide bonds. The first-order valence-corrected chi connectivity index (χ1v) is 7.57. The zero-order chi connectivity index (χ0) is 16.7. The Bertz CT molecular complexity index is 885. The number of hydrogen-bond acceptors (Lipinski definition) is 5. The Hall–Kier alpha value is -3.22. The number of rotatable bonds is 3. The lowest BCUT2D eigenvalue weighted by Gasteiger charge is -2.15. The van der Waals surface area contributed by atoms with Crippen molar-refractivity contribution >= 4 is 17.4 Å². The third-order valence-electron chi connectivity index (χ3n) is 3.99. The molecule has 4 heterocycles. The van der Waals surface area contributed by atoms with E-state index in [1.165, 1.54) is 0 Å². The topological polar surface area (TPSA) is 67.2 Å². The summed E-state index contributed by atoms with van der Waals surface area (Å²) in [4.78, 5) is 24.7. The molecule has 0 bridgehead atoms. The highest BCUT2D eigenvalue weighted by Gasteiger charge is 2.32. The zero-order valence-electron chi connectivity index (χ0n) is 13.4. The lowest BCUT2D eigenvalue weighted by molar-refractivity contribution is 0.0996. The van der Waals surface area contributed by atoms with Crippen LogP contribution < -0.4 is 9.80 Å². The van der Waals surface area contributed by atoms with Crippen LogP contribution >= 0.6 is 0 Å². The van der Waals surface area contributed by atoms with E-state index in [-0.39, 0.29) is 5.91 Å². The first-order valence-electron chi connectivity index (χ1n) is 7.57. The summed E-state index contributed by atoms with van der Waals surface area (Å²) in [5, 5.41) is 4.54. The van der Waals surface area contributed by atoms with Crippen molar-refractivity contribution in [2.24, 2.45) is 0 Å². The van der Waals surface area contributed by atoms with Crippen molar-refractivity contribution in [1.82, 2.24) is 19.7 Å². The van der Waals surface area contributed by atoms with Crippen LogP contribution in [-0.4, -0.2) is 39.8 Å². The van der Waals surface area contributed by atoms with Crippen molar-refractivity contribution in [2.45, 2.75) is 6.54 Å². The van der Waals surface area contributed by atoms with Crippen molar-refractivity contribution in [3.63, 3.8) is 0 Å². The summed E-state index contributed by atoms with van der Waals surface area (Å²) in [6.07, 6.45) is 6.89. The molecular formula is C17H16N6O. The Kier molecular flexibility index (Phi) is 3.26. The van der Waals surface area contributed by atoms with E-state index in [0.29, 0.717) is 12.1 Å². The summed E-state index contributed by atoms with van der Waals surface area (Å²) in [5.74, 6) is 0.819. The number of pyridine rings is 2. The molecule has 1 aliphatic heterocycles. The number of hydrogen-bond donors (Lipinski definition) is 0. The maximum absolute atomic E-state index is 12.6. The summed E-state index contributed by atoms with van der Waals surface area (Å²) in [7, 11) is 3.88. The van der Waals surface area contributed by atoms with E-state index in [0.717, 1.165) is 22.9 Å². The van der Waals surface area contributed by atoms with Gasteiger partial charge in [-0.05, 0) is 24.3 Å². The number of nitrogens with zero attached hydrogens (tertiary/aromatic N) is 6. The minimum Gasteiger partial charge on any atom is -0.363 e. The lowest BCUT2D eigenvalue weighted by Crippen LogP contribution is -2.23. The van der Waals surface area contributed by atoms with Crippen LogP contribution in [0.3, 0.4) is 0 Å². The summed E-state index contributed by atoms with van der Waals surface area (Å²) in [5.41, 5.74) is 3.00. The fraction of sp³-hybridized carbons (Fsp3) is 0.176. The van der Waals surface area contributed by atoms with E-state index >= 15 is 0 Å². The monoisotopic (exact) mass is 320 g/mol. The van der Waals surface area contributed by atoms with Crippen molar-refractivity contribution in [3.8, 4) is 5.69 Å². The molecule has 0 radical (unpaired) electrons. The largest absolute Gasteiger partial charge is 0.363 e. The molecule has 7 nitrogen and oxygen atoms in total. The first kappa shape index (κ1) is 14.4. The van der Waals surface area contributed by atoms with Gasteiger partial charge in [0.1, 0.15) is 5.82 Å². The van der Waals surface area contributed by atoms with Crippen molar-refractivity contribution < 1.29 is 4.79 Å². The second-order valence-corrected chi connectivity index (χ2v) is 5.81. The molecule has 0 N–H and O–H groups in total. The molecule has 0 saturated heterocycles. The summed E-state index contributed by atoms with van der Waals surface area (Å²) >= 11 is 0. The molecule has 4 rings (SSSR count). The molecule has 7 heteroatoms. The van der Waals surface area contributed by atoms with Gasteiger partial charge in [-0.15, -0.1) is 0 Å². The molecule has 0 fully saturated rings. The average Bonchev–Trinajstić information content (AvgIpc) is 3.15. The van der Waals surface area contributed by atoms with E-state index in [1.54, 1.807) is 34.4 Å². The van der Waals surface area contributed by atoms with Crippen LogP contribution in [0.4, 0.5) is 11.5 Å². The van der Waals surface area contributed by atoms with Crippen LogP contribution in [0.25, 0.3) is 5.69 Å². The molecule has 0 spiro atoms. The normalized spacial score (nSPS) is 13.2. The van der Waals surface area contributed by atoms with Crippen LogP contribution in [0.5, 0.6) is 0 Å². The standard InChI is InChI=1S/C17H16N6O/c1-21(2)16-6-5-13(9-19-16)23-10-14-15(20-23)11-22(17(14)24)12-4-3-7-18-8-12/h3-10H,11H2,1-2H3. The van der Waals surface area contributed by atoms with Gasteiger partial charge in [0.25, 0.3) is 5.91 Å². The molecule has 3 aromatic rings. The van der Waals surface area contributed by atoms with Crippen LogP contribution in [0.15, 0.2) is 49.1 Å². The molecule has 0 unspecified atom stereocenters. The molecule has 0 saturated carbocycles. The molecule has 24 heavy (non-hydrogen) atoms. The fourth-order valence-electron chi connectivity index (χ4n) is 2.70. The minimum absolute atomic E-state index is 0.0536. The van der Waals surface area contributed by atoms with Gasteiger partial charge in [0.15, 0.2) is 0 Å². The number of carbonyl (C=O) groups excluding carboxylic acids is 1. The molecule has 3 aromatic heterocycles. The van der Waals surface area contributed by atoms with Crippen molar-refractivity contribution in [1.29, 1.82) is 0 Å². The quantitative estimate of drug-likeness (QED) is 0.737. The molecular weight excluding hydrogens is 304 g/mol. The van der Waals surface area contributed by atoms with E-state index < -0.39 is 0 Å². The van der Waals surface area contributed by atoms with E-state index in [2.05, 4.69) is 15.1 Å². The Balaban J connectivity index is 1.62. The third-order valence-corrected chi connectivity index (χ3v) is 3.99. The first-order chi connectivity index (χ1) is 11.6. The molecule has 120 valence electrons. The SMILES string of the molecule is CN(C)c1ccc(-n2cc3c(n2)CN(c2cccnc2)C3=O)cn1. The van der Waals surface area contributed by atoms with Gasteiger partial charge in [-0.25, -0.2) is 9.67 Å². The highest BCUT2D eigenvalue weighted by Crippen LogP contribution is 2.27. The molecule has 0 aliphatic carbocycles. The van der Waals surface area contributed by atoms with Gasteiger partial charge in [-0.1, -0.05) is 0 Å². The summed E-state index contributed by atoms with van der Waals surface area (Å²) in [6, 6.07) is 7.55. The van der Waals surface area contributed by atoms with E-state index in [1.807, 2.05) is 43.3 Å². The number of aromatic nitrogens is 4. The van der Waals surface area contributed by atoms with Crippen molar-refractivity contribution in [3.05, 3.63) is 60.3 Å². The van der Waals surface area contributed by atoms with E-state index in [4.69, 9.17) is 0 Å². The van der Waals surface area contributed by atoms with Gasteiger partial charge in [0.05, 0.1) is 41.6 Å². The van der Waals surface area contributed by atoms with Crippen molar-refractivity contribution in [2.75, 3.05) is 23.9 Å². The van der Waals surface area contributed by atoms with Gasteiger partial charge in [0.2, 0.25) is 0 Å². The Morgan fingerprint density at radius 1 is 1.12 bits per heavy atom. The average molecular weight is 320 g/mol.